The average Bonchev–Trinajstić information content (AvgIpc) is 3.44. The Morgan fingerprint density at radius 1 is 1.06 bits per heavy atom. The lowest BCUT2D eigenvalue weighted by Gasteiger charge is -2.39. The Morgan fingerprint density at radius 3 is 2.47 bits per heavy atom. The number of pyridine rings is 1. The van der Waals surface area contributed by atoms with Gasteiger partial charge in [-0.15, -0.1) is 0 Å². The lowest BCUT2D eigenvalue weighted by Crippen LogP contribution is -2.51. The first-order chi connectivity index (χ1) is 16.2. The monoisotopic (exact) mass is 471 g/mol. The molecule has 0 radical (unpaired) electrons. The van der Waals surface area contributed by atoms with Crippen LogP contribution in [0, 0.1) is 11.7 Å². The second-order valence-corrected chi connectivity index (χ2v) is 8.68. The summed E-state index contributed by atoms with van der Waals surface area (Å²) in [5.41, 5.74) is -0.561. The molecule has 1 amide bonds. The van der Waals surface area contributed by atoms with E-state index in [4.69, 9.17) is 0 Å². The number of fused-ring (bicyclic) bond motifs is 2. The quantitative estimate of drug-likeness (QED) is 0.527. The SMILES string of the molecule is CN(c1ccc(C(F)(F)F)cn1)C1CC2CC1N(C(=O)c1cccc(F)c1-c1ncccn1)C2. The number of aromatic nitrogens is 3. The van der Waals surface area contributed by atoms with E-state index in [1.54, 1.807) is 24.1 Å². The molecule has 1 saturated carbocycles. The number of rotatable bonds is 4. The second-order valence-electron chi connectivity index (χ2n) is 8.68. The summed E-state index contributed by atoms with van der Waals surface area (Å²) in [6.07, 6.45) is 0.914. The molecule has 1 saturated heterocycles. The third-order valence-electron chi connectivity index (χ3n) is 6.68. The molecule has 1 aliphatic carbocycles. The summed E-state index contributed by atoms with van der Waals surface area (Å²) in [5, 5.41) is 0. The topological polar surface area (TPSA) is 62.2 Å². The Kier molecular flexibility index (Phi) is 5.45. The van der Waals surface area contributed by atoms with Crippen LogP contribution in [0.2, 0.25) is 0 Å². The lowest BCUT2D eigenvalue weighted by atomic mass is 10.0. The van der Waals surface area contributed by atoms with Crippen LogP contribution in [-0.2, 0) is 6.18 Å². The van der Waals surface area contributed by atoms with E-state index in [1.807, 2.05) is 4.90 Å². The highest BCUT2D eigenvalue weighted by molar-refractivity contribution is 6.00. The van der Waals surface area contributed by atoms with Gasteiger partial charge in [0.25, 0.3) is 5.91 Å². The molecule has 2 bridgehead atoms. The first-order valence-corrected chi connectivity index (χ1v) is 10.9. The summed E-state index contributed by atoms with van der Waals surface area (Å²) in [5.74, 6) is -0.101. The summed E-state index contributed by atoms with van der Waals surface area (Å²) in [7, 11) is 1.77. The van der Waals surface area contributed by atoms with E-state index in [0.717, 1.165) is 25.1 Å². The second kappa shape index (κ2) is 8.34. The Hall–Kier alpha value is -3.56. The molecule has 0 spiro atoms. The number of anilines is 1. The Labute approximate surface area is 193 Å². The van der Waals surface area contributed by atoms with E-state index < -0.39 is 17.6 Å². The Morgan fingerprint density at radius 2 is 1.82 bits per heavy atom. The molecule has 34 heavy (non-hydrogen) atoms. The van der Waals surface area contributed by atoms with Crippen LogP contribution in [0.4, 0.5) is 23.4 Å². The van der Waals surface area contributed by atoms with Crippen molar-refractivity contribution < 1.29 is 22.4 Å². The number of carbonyl (C=O) groups is 1. The van der Waals surface area contributed by atoms with Gasteiger partial charge in [0.15, 0.2) is 5.82 Å². The Bertz CT molecular complexity index is 1200. The van der Waals surface area contributed by atoms with Crippen molar-refractivity contribution in [3.63, 3.8) is 0 Å². The van der Waals surface area contributed by atoms with Gasteiger partial charge in [-0.1, -0.05) is 6.07 Å². The van der Waals surface area contributed by atoms with Gasteiger partial charge in [0.2, 0.25) is 0 Å². The van der Waals surface area contributed by atoms with Gasteiger partial charge in [-0.25, -0.2) is 19.3 Å². The smallest absolute Gasteiger partial charge is 0.355 e. The molecule has 3 unspecified atom stereocenters. The molecular weight excluding hydrogens is 450 g/mol. The zero-order chi connectivity index (χ0) is 24.0. The summed E-state index contributed by atoms with van der Waals surface area (Å²) in [6, 6.07) is 8.01. The molecule has 3 heterocycles. The van der Waals surface area contributed by atoms with Gasteiger partial charge in [-0.2, -0.15) is 13.2 Å². The average molecular weight is 471 g/mol. The fraction of sp³-hybridized carbons (Fsp3) is 0.333. The van der Waals surface area contributed by atoms with Crippen LogP contribution in [0.25, 0.3) is 11.4 Å². The molecule has 10 heteroatoms. The number of hydrogen-bond acceptors (Lipinski definition) is 5. The predicted octanol–water partition coefficient (Wildman–Crippen LogP) is 4.44. The van der Waals surface area contributed by atoms with Crippen molar-refractivity contribution in [2.24, 2.45) is 5.92 Å². The van der Waals surface area contributed by atoms with Gasteiger partial charge in [0.05, 0.1) is 28.8 Å². The van der Waals surface area contributed by atoms with Crippen molar-refractivity contribution >= 4 is 11.7 Å². The van der Waals surface area contributed by atoms with Crippen LogP contribution in [0.15, 0.2) is 55.0 Å². The van der Waals surface area contributed by atoms with Crippen LogP contribution < -0.4 is 4.90 Å². The predicted molar refractivity (Wildman–Crippen MR) is 116 cm³/mol. The van der Waals surface area contributed by atoms with Crippen LogP contribution in [0.5, 0.6) is 0 Å². The van der Waals surface area contributed by atoms with Crippen LogP contribution in [0.1, 0.15) is 28.8 Å². The number of piperidine rings is 1. The first-order valence-electron chi connectivity index (χ1n) is 10.9. The number of likely N-dealkylation sites (N-methyl/N-ethyl adjacent to an activating group) is 1. The maximum absolute atomic E-state index is 14.8. The molecule has 3 aromatic rings. The van der Waals surface area contributed by atoms with E-state index in [2.05, 4.69) is 15.0 Å². The lowest BCUT2D eigenvalue weighted by molar-refractivity contribution is -0.137. The molecule has 2 aliphatic rings. The van der Waals surface area contributed by atoms with Gasteiger partial charge in [-0.05, 0) is 49.1 Å². The molecule has 6 nitrogen and oxygen atoms in total. The number of halogens is 4. The standard InChI is InChI=1S/C24H21F4N5O/c1-32(20-7-6-15(12-31-20)24(26,27)28)18-10-14-11-19(18)33(13-14)23(34)16-4-2-5-17(25)21(16)22-29-8-3-9-30-22/h2-9,12,14,18-19H,10-11,13H2,1H3. The minimum absolute atomic E-state index is 0.0604. The molecule has 2 fully saturated rings. The fourth-order valence-electron chi connectivity index (χ4n) is 5.09. The minimum Gasteiger partial charge on any atom is -0.355 e. The number of hydrogen-bond donors (Lipinski definition) is 0. The van der Waals surface area contributed by atoms with Crippen molar-refractivity contribution in [3.05, 3.63) is 71.9 Å². The van der Waals surface area contributed by atoms with Gasteiger partial charge in [-0.3, -0.25) is 4.79 Å². The van der Waals surface area contributed by atoms with E-state index >= 15 is 0 Å². The van der Waals surface area contributed by atoms with Gasteiger partial charge >= 0.3 is 6.18 Å². The summed E-state index contributed by atoms with van der Waals surface area (Å²) >= 11 is 0. The van der Waals surface area contributed by atoms with Crippen molar-refractivity contribution in [1.82, 2.24) is 19.9 Å². The zero-order valence-corrected chi connectivity index (χ0v) is 18.2. The maximum atomic E-state index is 14.8. The van der Waals surface area contributed by atoms with Crippen LogP contribution in [0.3, 0.4) is 0 Å². The normalized spacial score (nSPS) is 21.7. The molecule has 1 aliphatic heterocycles. The highest BCUT2D eigenvalue weighted by Crippen LogP contribution is 2.42. The van der Waals surface area contributed by atoms with Crippen LogP contribution in [-0.4, -0.2) is 51.4 Å². The van der Waals surface area contributed by atoms with Crippen LogP contribution >= 0.6 is 0 Å². The molecule has 3 atom stereocenters. The molecule has 5 rings (SSSR count). The molecule has 1 aromatic carbocycles. The van der Waals surface area contributed by atoms with Crippen molar-refractivity contribution in [1.29, 1.82) is 0 Å². The third kappa shape index (κ3) is 3.86. The molecule has 0 N–H and O–H groups in total. The summed E-state index contributed by atoms with van der Waals surface area (Å²) < 4.78 is 53.5. The molecule has 176 valence electrons. The van der Waals surface area contributed by atoms with Gasteiger partial charge in [0.1, 0.15) is 11.6 Å². The fourth-order valence-corrected chi connectivity index (χ4v) is 5.09. The summed E-state index contributed by atoms with van der Waals surface area (Å²) in [6.45, 7) is 0.542. The number of amides is 1. The number of carbonyl (C=O) groups excluding carboxylic acids is 1. The van der Waals surface area contributed by atoms with E-state index in [9.17, 15) is 22.4 Å². The first kappa shape index (κ1) is 22.2. The van der Waals surface area contributed by atoms with Crippen molar-refractivity contribution in [2.45, 2.75) is 31.1 Å². The number of nitrogens with zero attached hydrogens (tertiary/aromatic N) is 5. The zero-order valence-electron chi connectivity index (χ0n) is 18.2. The Balaban J connectivity index is 1.41. The third-order valence-corrected chi connectivity index (χ3v) is 6.68. The minimum atomic E-state index is -4.45. The van der Waals surface area contributed by atoms with E-state index in [0.29, 0.717) is 12.4 Å². The van der Waals surface area contributed by atoms with Gasteiger partial charge < -0.3 is 9.80 Å². The maximum Gasteiger partial charge on any atom is 0.417 e. The van der Waals surface area contributed by atoms with E-state index in [1.165, 1.54) is 30.6 Å². The molecule has 2 aromatic heterocycles. The summed E-state index contributed by atoms with van der Waals surface area (Å²) in [4.78, 5) is 29.4. The highest BCUT2D eigenvalue weighted by atomic mass is 19.4. The van der Waals surface area contributed by atoms with Gasteiger partial charge in [0, 0.05) is 32.2 Å². The molecular formula is C24H21F4N5O. The highest BCUT2D eigenvalue weighted by Gasteiger charge is 2.49. The number of alkyl halides is 3. The van der Waals surface area contributed by atoms with Crippen molar-refractivity contribution in [3.8, 4) is 11.4 Å². The van der Waals surface area contributed by atoms with E-state index in [-0.39, 0.29) is 40.9 Å². The number of benzene rings is 1. The largest absolute Gasteiger partial charge is 0.417 e. The van der Waals surface area contributed by atoms with Crippen molar-refractivity contribution in [2.75, 3.05) is 18.5 Å². The number of likely N-dealkylation sites (tertiary alicyclic amines) is 1.